The van der Waals surface area contributed by atoms with Gasteiger partial charge in [-0.15, -0.1) is 12.4 Å². The van der Waals surface area contributed by atoms with Crippen molar-refractivity contribution in [2.75, 3.05) is 13.1 Å². The lowest BCUT2D eigenvalue weighted by atomic mass is 9.67. The number of likely N-dealkylation sites (tertiary alicyclic amines) is 1. The van der Waals surface area contributed by atoms with Gasteiger partial charge in [0.2, 0.25) is 0 Å². The molecule has 1 fully saturated rings. The largest absolute Gasteiger partial charge is 0.301 e. The molecule has 2 aromatic rings. The number of Topliss-reactive ketones (excluding diaryl/α,β-unsaturated/α-hetero) is 1. The van der Waals surface area contributed by atoms with Gasteiger partial charge in [0.15, 0.2) is 0 Å². The number of ketones is 1. The van der Waals surface area contributed by atoms with Crippen LogP contribution in [-0.2, 0) is 10.2 Å². The van der Waals surface area contributed by atoms with Gasteiger partial charge in [-0.1, -0.05) is 67.6 Å². The Morgan fingerprint density at radius 1 is 0.962 bits per heavy atom. The highest BCUT2D eigenvalue weighted by Crippen LogP contribution is 2.40. The predicted molar refractivity (Wildman–Crippen MR) is 111 cm³/mol. The van der Waals surface area contributed by atoms with Gasteiger partial charge in [-0.25, -0.2) is 0 Å². The second-order valence-corrected chi connectivity index (χ2v) is 7.21. The molecule has 2 aromatic carbocycles. The van der Waals surface area contributed by atoms with E-state index in [0.29, 0.717) is 18.2 Å². The van der Waals surface area contributed by atoms with Gasteiger partial charge in [-0.05, 0) is 50.4 Å². The molecule has 1 aliphatic heterocycles. The van der Waals surface area contributed by atoms with Crippen molar-refractivity contribution in [3.63, 3.8) is 0 Å². The van der Waals surface area contributed by atoms with Gasteiger partial charge >= 0.3 is 0 Å². The Kier molecular flexibility index (Phi) is 7.43. The first-order valence-corrected chi connectivity index (χ1v) is 9.57. The first-order chi connectivity index (χ1) is 12.2. The van der Waals surface area contributed by atoms with Crippen LogP contribution >= 0.6 is 12.4 Å². The van der Waals surface area contributed by atoms with Crippen LogP contribution in [0.4, 0.5) is 0 Å². The number of carbonyl (C=O) groups excluding carboxylic acids is 1. The highest BCUT2D eigenvalue weighted by molar-refractivity contribution is 5.93. The molecule has 0 radical (unpaired) electrons. The van der Waals surface area contributed by atoms with Gasteiger partial charge in [0, 0.05) is 12.5 Å². The van der Waals surface area contributed by atoms with E-state index in [1.165, 1.54) is 12.8 Å². The van der Waals surface area contributed by atoms with E-state index in [-0.39, 0.29) is 12.4 Å². The predicted octanol–water partition coefficient (Wildman–Crippen LogP) is 5.25. The maximum Gasteiger partial charge on any atom is 0.147 e. The molecule has 26 heavy (non-hydrogen) atoms. The van der Waals surface area contributed by atoms with Crippen LogP contribution in [0.3, 0.4) is 0 Å². The van der Waals surface area contributed by atoms with E-state index in [1.54, 1.807) is 0 Å². The molecule has 3 rings (SSSR count). The number of nitrogens with zero attached hydrogens (tertiary/aromatic N) is 1. The van der Waals surface area contributed by atoms with Crippen LogP contribution in [0.2, 0.25) is 0 Å². The van der Waals surface area contributed by atoms with E-state index in [9.17, 15) is 4.79 Å². The van der Waals surface area contributed by atoms with Crippen molar-refractivity contribution < 1.29 is 4.79 Å². The van der Waals surface area contributed by atoms with Crippen molar-refractivity contribution in [2.24, 2.45) is 0 Å². The third-order valence-corrected chi connectivity index (χ3v) is 5.70. The highest BCUT2D eigenvalue weighted by atomic mass is 35.5. The molecule has 0 aliphatic carbocycles. The maximum atomic E-state index is 13.4. The Bertz CT molecular complexity index is 640. The van der Waals surface area contributed by atoms with Crippen LogP contribution in [-0.4, -0.2) is 29.8 Å². The molecule has 0 amide bonds. The van der Waals surface area contributed by atoms with Gasteiger partial charge in [0.05, 0.1) is 5.41 Å². The number of carbonyl (C=O) groups is 1. The fourth-order valence-electron chi connectivity index (χ4n) is 4.34. The zero-order valence-corrected chi connectivity index (χ0v) is 16.7. The van der Waals surface area contributed by atoms with Gasteiger partial charge in [0.1, 0.15) is 5.78 Å². The maximum absolute atomic E-state index is 13.4. The summed E-state index contributed by atoms with van der Waals surface area (Å²) >= 11 is 0. The fraction of sp³-hybridized carbons (Fsp3) is 0.435. The lowest BCUT2D eigenvalue weighted by Crippen LogP contribution is -2.44. The summed E-state index contributed by atoms with van der Waals surface area (Å²) in [5, 5.41) is 0. The number of hydrogen-bond acceptors (Lipinski definition) is 2. The van der Waals surface area contributed by atoms with Crippen molar-refractivity contribution in [1.29, 1.82) is 0 Å². The van der Waals surface area contributed by atoms with Crippen LogP contribution in [0.5, 0.6) is 0 Å². The average molecular weight is 372 g/mol. The third kappa shape index (κ3) is 4.02. The first-order valence-electron chi connectivity index (χ1n) is 9.57. The number of rotatable bonds is 7. The summed E-state index contributed by atoms with van der Waals surface area (Å²) < 4.78 is 0. The Labute approximate surface area is 164 Å². The summed E-state index contributed by atoms with van der Waals surface area (Å²) in [6.45, 7) is 6.58. The van der Waals surface area contributed by atoms with Crippen molar-refractivity contribution in [1.82, 2.24) is 4.90 Å². The summed E-state index contributed by atoms with van der Waals surface area (Å²) in [5.74, 6) is 0.316. The first kappa shape index (κ1) is 20.7. The molecular formula is C23H30ClNO. The SMILES string of the molecule is CCC(=O)C(CC(C)N1CCCC1)(c1ccccc1)c1ccccc1.Cl. The summed E-state index contributed by atoms with van der Waals surface area (Å²) in [4.78, 5) is 15.9. The lowest BCUT2D eigenvalue weighted by Gasteiger charge is -2.38. The zero-order chi connectivity index (χ0) is 17.7. The van der Waals surface area contributed by atoms with Crippen LogP contribution < -0.4 is 0 Å². The average Bonchev–Trinajstić information content (AvgIpc) is 3.22. The zero-order valence-electron chi connectivity index (χ0n) is 15.9. The molecule has 1 saturated heterocycles. The van der Waals surface area contributed by atoms with E-state index in [0.717, 1.165) is 30.6 Å². The van der Waals surface area contributed by atoms with Gasteiger partial charge in [-0.2, -0.15) is 0 Å². The molecule has 0 N–H and O–H groups in total. The molecule has 0 saturated carbocycles. The number of benzene rings is 2. The number of hydrogen-bond donors (Lipinski definition) is 0. The Hall–Kier alpha value is -1.64. The minimum absolute atomic E-state index is 0. The van der Waals surface area contributed by atoms with Crippen molar-refractivity contribution in [3.8, 4) is 0 Å². The highest BCUT2D eigenvalue weighted by Gasteiger charge is 2.42. The summed E-state index contributed by atoms with van der Waals surface area (Å²) in [6.07, 6.45) is 3.94. The van der Waals surface area contributed by atoms with Crippen LogP contribution in [0.1, 0.15) is 50.7 Å². The molecule has 1 heterocycles. The topological polar surface area (TPSA) is 20.3 Å². The standard InChI is InChI=1S/C23H29NO.ClH/c1-3-22(25)23(20-12-6-4-7-13-20,21-14-8-5-9-15-21)18-19(2)24-16-10-11-17-24;/h4-9,12-15,19H,3,10-11,16-18H2,1-2H3;1H. The van der Waals surface area contributed by atoms with Crippen LogP contribution in [0.25, 0.3) is 0 Å². The second kappa shape index (κ2) is 9.34. The lowest BCUT2D eigenvalue weighted by molar-refractivity contribution is -0.123. The summed E-state index contributed by atoms with van der Waals surface area (Å²) in [5.41, 5.74) is 1.69. The summed E-state index contributed by atoms with van der Waals surface area (Å²) in [6, 6.07) is 21.1. The molecule has 0 aromatic heterocycles. The van der Waals surface area contributed by atoms with Crippen molar-refractivity contribution in [3.05, 3.63) is 71.8 Å². The minimum atomic E-state index is -0.556. The monoisotopic (exact) mass is 371 g/mol. The van der Waals surface area contributed by atoms with E-state index >= 15 is 0 Å². The molecule has 1 atom stereocenters. The van der Waals surface area contributed by atoms with E-state index in [1.807, 2.05) is 19.1 Å². The molecule has 3 heteroatoms. The molecular weight excluding hydrogens is 342 g/mol. The molecule has 140 valence electrons. The molecule has 1 unspecified atom stereocenters. The van der Waals surface area contributed by atoms with Crippen LogP contribution in [0, 0.1) is 0 Å². The second-order valence-electron chi connectivity index (χ2n) is 7.21. The summed E-state index contributed by atoms with van der Waals surface area (Å²) in [7, 11) is 0. The van der Waals surface area contributed by atoms with Gasteiger partial charge in [-0.3, -0.25) is 4.79 Å². The van der Waals surface area contributed by atoms with E-state index < -0.39 is 5.41 Å². The molecule has 1 aliphatic rings. The normalized spacial score (nSPS) is 16.1. The van der Waals surface area contributed by atoms with Gasteiger partial charge < -0.3 is 4.90 Å². The molecule has 0 bridgehead atoms. The Balaban J connectivity index is 0.00000243. The Morgan fingerprint density at radius 2 is 1.42 bits per heavy atom. The fourth-order valence-corrected chi connectivity index (χ4v) is 4.34. The Morgan fingerprint density at radius 3 is 1.85 bits per heavy atom. The smallest absolute Gasteiger partial charge is 0.147 e. The van der Waals surface area contributed by atoms with Gasteiger partial charge in [0.25, 0.3) is 0 Å². The third-order valence-electron chi connectivity index (χ3n) is 5.70. The molecule has 2 nitrogen and oxygen atoms in total. The quantitative estimate of drug-likeness (QED) is 0.662. The van der Waals surface area contributed by atoms with E-state index in [2.05, 4.69) is 60.4 Å². The van der Waals surface area contributed by atoms with Crippen molar-refractivity contribution >= 4 is 18.2 Å². The van der Waals surface area contributed by atoms with Crippen molar-refractivity contribution in [2.45, 2.75) is 51.0 Å². The number of halogens is 1. The van der Waals surface area contributed by atoms with Crippen LogP contribution in [0.15, 0.2) is 60.7 Å². The van der Waals surface area contributed by atoms with E-state index in [4.69, 9.17) is 0 Å². The molecule has 0 spiro atoms. The minimum Gasteiger partial charge on any atom is -0.301 e.